The van der Waals surface area contributed by atoms with E-state index >= 15 is 0 Å². The molecule has 0 bridgehead atoms. The molecule has 0 fully saturated rings. The van der Waals surface area contributed by atoms with Gasteiger partial charge in [0.15, 0.2) is 0 Å². The van der Waals surface area contributed by atoms with Crippen LogP contribution < -0.4 is 10.0 Å². The van der Waals surface area contributed by atoms with Crippen molar-refractivity contribution in [3.8, 4) is 0 Å². The van der Waals surface area contributed by atoms with Gasteiger partial charge in [0.05, 0.1) is 6.26 Å². The maximum Gasteiger partial charge on any atom is 0.208 e. The Morgan fingerprint density at radius 2 is 1.78 bits per heavy atom. The van der Waals surface area contributed by atoms with E-state index < -0.39 is 10.0 Å². The van der Waals surface area contributed by atoms with Crippen molar-refractivity contribution in [1.29, 1.82) is 0 Å². The Labute approximate surface area is 110 Å². The van der Waals surface area contributed by atoms with Crippen molar-refractivity contribution >= 4 is 10.0 Å². The Hall–Kier alpha value is -0.910. The van der Waals surface area contributed by atoms with Crippen molar-refractivity contribution in [2.45, 2.75) is 32.4 Å². The molecule has 4 nitrogen and oxygen atoms in total. The molecule has 1 rings (SSSR count). The molecule has 0 aliphatic rings. The van der Waals surface area contributed by atoms with E-state index in [-0.39, 0.29) is 11.6 Å². The third-order valence-corrected chi connectivity index (χ3v) is 3.35. The van der Waals surface area contributed by atoms with Crippen LogP contribution in [0.5, 0.6) is 0 Å². The van der Waals surface area contributed by atoms with Crippen LogP contribution >= 0.6 is 0 Å². The number of sulfonamides is 1. The van der Waals surface area contributed by atoms with Crippen LogP contribution in [0.1, 0.15) is 32.4 Å². The van der Waals surface area contributed by atoms with E-state index in [1.165, 1.54) is 11.8 Å². The molecule has 1 aromatic rings. The van der Waals surface area contributed by atoms with Crippen LogP contribution in [0.3, 0.4) is 0 Å². The molecule has 0 aromatic heterocycles. The summed E-state index contributed by atoms with van der Waals surface area (Å²) in [7, 11) is -3.15. The first-order chi connectivity index (χ1) is 8.20. The molecule has 0 heterocycles. The van der Waals surface area contributed by atoms with Crippen molar-refractivity contribution in [2.75, 3.05) is 12.8 Å². The Bertz CT molecular complexity index is 469. The molecule has 0 radical (unpaired) electrons. The first kappa shape index (κ1) is 15.1. The zero-order valence-corrected chi connectivity index (χ0v) is 12.2. The maximum atomic E-state index is 11.1. The summed E-state index contributed by atoms with van der Waals surface area (Å²) in [5.41, 5.74) is 0.878. The van der Waals surface area contributed by atoms with Crippen LogP contribution in [0.15, 0.2) is 30.3 Å². The quantitative estimate of drug-likeness (QED) is 0.826. The van der Waals surface area contributed by atoms with Crippen molar-refractivity contribution in [3.63, 3.8) is 0 Å². The molecule has 0 aliphatic carbocycles. The van der Waals surface area contributed by atoms with E-state index in [4.69, 9.17) is 0 Å². The summed E-state index contributed by atoms with van der Waals surface area (Å²) < 4.78 is 24.7. The molecule has 0 spiro atoms. The number of hydrogen-bond acceptors (Lipinski definition) is 3. The van der Waals surface area contributed by atoms with Gasteiger partial charge in [0.2, 0.25) is 10.0 Å². The Morgan fingerprint density at radius 1 is 1.22 bits per heavy atom. The summed E-state index contributed by atoms with van der Waals surface area (Å²) in [6, 6.07) is 10.2. The van der Waals surface area contributed by atoms with Gasteiger partial charge in [-0.2, -0.15) is 0 Å². The van der Waals surface area contributed by atoms with Gasteiger partial charge >= 0.3 is 0 Å². The van der Waals surface area contributed by atoms with Crippen LogP contribution in [-0.4, -0.2) is 26.8 Å². The Balaban J connectivity index is 2.60. The second kappa shape index (κ2) is 5.82. The van der Waals surface area contributed by atoms with Gasteiger partial charge in [-0.1, -0.05) is 30.3 Å². The molecule has 0 saturated carbocycles. The predicted octanol–water partition coefficient (Wildman–Crippen LogP) is 1.66. The van der Waals surface area contributed by atoms with E-state index in [0.29, 0.717) is 6.54 Å². The first-order valence-electron chi connectivity index (χ1n) is 5.97. The minimum absolute atomic E-state index is 0.169. The number of benzene rings is 1. The summed E-state index contributed by atoms with van der Waals surface area (Å²) in [6.45, 7) is 6.38. The molecule has 0 amide bonds. The van der Waals surface area contributed by atoms with Crippen LogP contribution in [0.2, 0.25) is 0 Å². The van der Waals surface area contributed by atoms with Crippen LogP contribution in [0.4, 0.5) is 0 Å². The standard InChI is InChI=1S/C13H22N2O2S/c1-11(12-8-6-5-7-9-12)15-13(2,3)10-14-18(4,16)17/h5-9,11,14-15H,10H2,1-4H3/t11-/m1/s1. The molecule has 1 atom stereocenters. The fraction of sp³-hybridized carbons (Fsp3) is 0.538. The van der Waals surface area contributed by atoms with E-state index in [1.54, 1.807) is 0 Å². The lowest BCUT2D eigenvalue weighted by Crippen LogP contribution is -2.49. The summed E-state index contributed by atoms with van der Waals surface area (Å²) in [5.74, 6) is 0. The highest BCUT2D eigenvalue weighted by atomic mass is 32.2. The van der Waals surface area contributed by atoms with Crippen molar-refractivity contribution in [2.24, 2.45) is 0 Å². The molecule has 0 aliphatic heterocycles. The van der Waals surface area contributed by atoms with Gasteiger partial charge in [-0.3, -0.25) is 0 Å². The molecular weight excluding hydrogens is 248 g/mol. The number of nitrogens with one attached hydrogen (secondary N) is 2. The second-order valence-electron chi connectivity index (χ2n) is 5.25. The van der Waals surface area contributed by atoms with Crippen molar-refractivity contribution < 1.29 is 8.42 Å². The van der Waals surface area contributed by atoms with Crippen LogP contribution in [-0.2, 0) is 10.0 Å². The summed E-state index contributed by atoms with van der Waals surface area (Å²) in [5, 5.41) is 3.42. The van der Waals surface area contributed by atoms with Crippen LogP contribution in [0.25, 0.3) is 0 Å². The zero-order valence-electron chi connectivity index (χ0n) is 11.4. The van der Waals surface area contributed by atoms with Gasteiger partial charge in [-0.15, -0.1) is 0 Å². The molecule has 5 heteroatoms. The first-order valence-corrected chi connectivity index (χ1v) is 7.86. The highest BCUT2D eigenvalue weighted by Crippen LogP contribution is 2.15. The molecule has 0 unspecified atom stereocenters. The topological polar surface area (TPSA) is 58.2 Å². The largest absolute Gasteiger partial charge is 0.304 e. The third kappa shape index (κ3) is 5.62. The van der Waals surface area contributed by atoms with Gasteiger partial charge in [0, 0.05) is 18.1 Å². The van der Waals surface area contributed by atoms with Gasteiger partial charge in [0.25, 0.3) is 0 Å². The monoisotopic (exact) mass is 270 g/mol. The van der Waals surface area contributed by atoms with Crippen molar-refractivity contribution in [1.82, 2.24) is 10.0 Å². The van der Waals surface area contributed by atoms with Gasteiger partial charge in [-0.25, -0.2) is 13.1 Å². The van der Waals surface area contributed by atoms with Gasteiger partial charge in [-0.05, 0) is 26.3 Å². The zero-order chi connectivity index (χ0) is 13.8. The molecule has 2 N–H and O–H groups in total. The molecule has 102 valence electrons. The lowest BCUT2D eigenvalue weighted by molar-refractivity contribution is 0.346. The van der Waals surface area contributed by atoms with Gasteiger partial charge < -0.3 is 5.32 Å². The molecule has 18 heavy (non-hydrogen) atoms. The lowest BCUT2D eigenvalue weighted by Gasteiger charge is -2.30. The smallest absolute Gasteiger partial charge is 0.208 e. The maximum absolute atomic E-state index is 11.1. The summed E-state index contributed by atoms with van der Waals surface area (Å²) in [4.78, 5) is 0. The normalized spacial score (nSPS) is 14.4. The molecular formula is C13H22N2O2S. The predicted molar refractivity (Wildman–Crippen MR) is 74.9 cm³/mol. The van der Waals surface area contributed by atoms with Crippen molar-refractivity contribution in [3.05, 3.63) is 35.9 Å². The van der Waals surface area contributed by atoms with E-state index in [9.17, 15) is 8.42 Å². The average molecular weight is 270 g/mol. The van der Waals surface area contributed by atoms with Gasteiger partial charge in [0.1, 0.15) is 0 Å². The minimum Gasteiger partial charge on any atom is -0.304 e. The highest BCUT2D eigenvalue weighted by Gasteiger charge is 2.21. The molecule has 0 saturated heterocycles. The fourth-order valence-corrected chi connectivity index (χ4v) is 2.40. The Morgan fingerprint density at radius 3 is 2.28 bits per heavy atom. The van der Waals surface area contributed by atoms with E-state index in [1.807, 2.05) is 32.0 Å². The second-order valence-corrected chi connectivity index (χ2v) is 7.09. The third-order valence-electron chi connectivity index (χ3n) is 2.68. The van der Waals surface area contributed by atoms with Crippen LogP contribution in [0, 0.1) is 0 Å². The highest BCUT2D eigenvalue weighted by molar-refractivity contribution is 7.88. The average Bonchev–Trinajstić information content (AvgIpc) is 2.26. The Kier molecular flexibility index (Phi) is 4.90. The lowest BCUT2D eigenvalue weighted by atomic mass is 10.0. The number of rotatable bonds is 6. The van der Waals surface area contributed by atoms with E-state index in [2.05, 4.69) is 29.1 Å². The van der Waals surface area contributed by atoms with E-state index in [0.717, 1.165) is 0 Å². The summed E-state index contributed by atoms with van der Waals surface area (Å²) >= 11 is 0. The summed E-state index contributed by atoms with van der Waals surface area (Å²) in [6.07, 6.45) is 1.17. The fourth-order valence-electron chi connectivity index (χ4n) is 1.77. The SMILES string of the molecule is C[C@@H](NC(C)(C)CNS(C)(=O)=O)c1ccccc1. The molecule has 1 aromatic carbocycles. The minimum atomic E-state index is -3.15. The number of hydrogen-bond donors (Lipinski definition) is 2.